The highest BCUT2D eigenvalue weighted by molar-refractivity contribution is 5.73. The first-order valence-electron chi connectivity index (χ1n) is 5.95. The van der Waals surface area contributed by atoms with Gasteiger partial charge >= 0.3 is 6.03 Å². The molecule has 0 radical (unpaired) electrons. The van der Waals surface area contributed by atoms with Crippen LogP contribution >= 0.6 is 0 Å². The van der Waals surface area contributed by atoms with Gasteiger partial charge in [-0.15, -0.1) is 0 Å². The molecular weight excluding hydrogens is 243 g/mol. The molecule has 0 aliphatic rings. The van der Waals surface area contributed by atoms with Crippen LogP contribution < -0.4 is 11.1 Å². The molecule has 0 aromatic heterocycles. The lowest BCUT2D eigenvalue weighted by Crippen LogP contribution is -2.34. The van der Waals surface area contributed by atoms with E-state index < -0.39 is 12.1 Å². The number of nitrogens with one attached hydrogen (secondary N) is 1. The highest BCUT2D eigenvalue weighted by Gasteiger charge is 2.18. The predicted molar refractivity (Wildman–Crippen MR) is 72.1 cm³/mol. The molecule has 2 rings (SSSR count). The van der Waals surface area contributed by atoms with Crippen LogP contribution in [0, 0.1) is 12.7 Å². The Labute approximate surface area is 111 Å². The van der Waals surface area contributed by atoms with Crippen LogP contribution in [0.15, 0.2) is 48.5 Å². The number of carbonyl (C=O) groups is 1. The van der Waals surface area contributed by atoms with Crippen molar-refractivity contribution in [2.75, 3.05) is 0 Å². The van der Waals surface area contributed by atoms with Crippen molar-refractivity contribution in [2.45, 2.75) is 13.0 Å². The Balaban J connectivity index is 2.44. The Morgan fingerprint density at radius 3 is 2.37 bits per heavy atom. The highest BCUT2D eigenvalue weighted by atomic mass is 19.1. The van der Waals surface area contributed by atoms with Crippen LogP contribution in [0.4, 0.5) is 9.18 Å². The van der Waals surface area contributed by atoms with Gasteiger partial charge in [-0.05, 0) is 18.6 Å². The topological polar surface area (TPSA) is 55.1 Å². The van der Waals surface area contributed by atoms with Gasteiger partial charge in [0.1, 0.15) is 5.82 Å². The predicted octanol–water partition coefficient (Wildman–Crippen LogP) is 2.89. The minimum atomic E-state index is -0.686. The largest absolute Gasteiger partial charge is 0.352 e. The van der Waals surface area contributed by atoms with Crippen LogP contribution in [0.3, 0.4) is 0 Å². The van der Waals surface area contributed by atoms with Gasteiger partial charge in [0, 0.05) is 5.56 Å². The van der Waals surface area contributed by atoms with Gasteiger partial charge in [-0.1, -0.05) is 48.0 Å². The third-order valence-corrected chi connectivity index (χ3v) is 2.91. The molecule has 0 fully saturated rings. The lowest BCUT2D eigenvalue weighted by Gasteiger charge is -2.19. The molecule has 2 aromatic rings. The molecule has 2 aromatic carbocycles. The fourth-order valence-corrected chi connectivity index (χ4v) is 1.95. The van der Waals surface area contributed by atoms with Crippen molar-refractivity contribution in [3.05, 3.63) is 71.0 Å². The number of hydrogen-bond donors (Lipinski definition) is 2. The van der Waals surface area contributed by atoms with Crippen molar-refractivity contribution in [3.63, 3.8) is 0 Å². The van der Waals surface area contributed by atoms with E-state index in [0.29, 0.717) is 5.56 Å². The maximum absolute atomic E-state index is 13.9. The summed E-state index contributed by atoms with van der Waals surface area (Å²) in [5.41, 5.74) is 7.45. The molecule has 98 valence electrons. The zero-order valence-electron chi connectivity index (χ0n) is 10.6. The molecule has 0 spiro atoms. The lowest BCUT2D eigenvalue weighted by atomic mass is 9.97. The SMILES string of the molecule is Cc1ccc([C@@H](NC(N)=O)c2ccccc2F)cc1. The van der Waals surface area contributed by atoms with Crippen molar-refractivity contribution in [3.8, 4) is 0 Å². The molecule has 19 heavy (non-hydrogen) atoms. The summed E-state index contributed by atoms with van der Waals surface area (Å²) in [6, 6.07) is 12.6. The highest BCUT2D eigenvalue weighted by Crippen LogP contribution is 2.24. The molecule has 0 unspecified atom stereocenters. The first-order chi connectivity index (χ1) is 9.08. The molecule has 0 aliphatic carbocycles. The van der Waals surface area contributed by atoms with Crippen LogP contribution in [0.25, 0.3) is 0 Å². The Kier molecular flexibility index (Phi) is 3.80. The fourth-order valence-electron chi connectivity index (χ4n) is 1.95. The molecular formula is C15H15FN2O. The number of rotatable bonds is 3. The van der Waals surface area contributed by atoms with Gasteiger partial charge in [0.2, 0.25) is 0 Å². The number of urea groups is 1. The van der Waals surface area contributed by atoms with Gasteiger partial charge in [-0.2, -0.15) is 0 Å². The van der Waals surface area contributed by atoms with Crippen LogP contribution in [0.5, 0.6) is 0 Å². The van der Waals surface area contributed by atoms with Crippen molar-refractivity contribution in [1.82, 2.24) is 5.32 Å². The van der Waals surface area contributed by atoms with Crippen LogP contribution in [0.1, 0.15) is 22.7 Å². The number of primary amides is 1. The van der Waals surface area contributed by atoms with Crippen molar-refractivity contribution < 1.29 is 9.18 Å². The summed E-state index contributed by atoms with van der Waals surface area (Å²) in [6.07, 6.45) is 0. The van der Waals surface area contributed by atoms with Gasteiger partial charge in [-0.3, -0.25) is 0 Å². The number of aryl methyl sites for hydroxylation is 1. The standard InChI is InChI=1S/C15H15FN2O/c1-10-6-8-11(9-7-10)14(18-15(17)19)12-4-2-3-5-13(12)16/h2-9,14H,1H3,(H3,17,18,19)/t14-/m1/s1. The number of halogens is 1. The monoisotopic (exact) mass is 258 g/mol. The van der Waals surface area contributed by atoms with Gasteiger partial charge in [0.25, 0.3) is 0 Å². The average Bonchev–Trinajstić information content (AvgIpc) is 2.38. The van der Waals surface area contributed by atoms with E-state index in [9.17, 15) is 9.18 Å². The first kappa shape index (κ1) is 13.1. The van der Waals surface area contributed by atoms with Gasteiger partial charge in [0.15, 0.2) is 0 Å². The molecule has 2 amide bonds. The summed E-state index contributed by atoms with van der Waals surface area (Å²) in [4.78, 5) is 11.1. The minimum absolute atomic E-state index is 0.373. The van der Waals surface area contributed by atoms with Gasteiger partial charge in [0.05, 0.1) is 6.04 Å². The van der Waals surface area contributed by atoms with Crippen LogP contribution in [-0.4, -0.2) is 6.03 Å². The quantitative estimate of drug-likeness (QED) is 0.873. The lowest BCUT2D eigenvalue weighted by molar-refractivity contribution is 0.246. The molecule has 0 bridgehead atoms. The number of amides is 2. The molecule has 0 saturated carbocycles. The summed E-state index contributed by atoms with van der Waals surface area (Å²) >= 11 is 0. The third-order valence-electron chi connectivity index (χ3n) is 2.91. The van der Waals surface area contributed by atoms with E-state index in [1.54, 1.807) is 18.2 Å². The van der Waals surface area contributed by atoms with Gasteiger partial charge in [-0.25, -0.2) is 9.18 Å². The van der Waals surface area contributed by atoms with Crippen molar-refractivity contribution >= 4 is 6.03 Å². The van der Waals surface area contributed by atoms with E-state index in [1.165, 1.54) is 6.07 Å². The maximum atomic E-state index is 13.9. The van der Waals surface area contributed by atoms with E-state index in [4.69, 9.17) is 5.73 Å². The number of nitrogens with two attached hydrogens (primary N) is 1. The zero-order chi connectivity index (χ0) is 13.8. The van der Waals surface area contributed by atoms with E-state index in [0.717, 1.165) is 11.1 Å². The summed E-state index contributed by atoms with van der Waals surface area (Å²) in [5.74, 6) is -0.373. The molecule has 4 heteroatoms. The fraction of sp³-hybridized carbons (Fsp3) is 0.133. The summed E-state index contributed by atoms with van der Waals surface area (Å²) in [6.45, 7) is 1.96. The Hall–Kier alpha value is -2.36. The molecule has 0 saturated heterocycles. The summed E-state index contributed by atoms with van der Waals surface area (Å²) in [5, 5.41) is 2.57. The Bertz CT molecular complexity index is 581. The Morgan fingerprint density at radius 2 is 1.79 bits per heavy atom. The number of hydrogen-bond acceptors (Lipinski definition) is 1. The van der Waals surface area contributed by atoms with E-state index >= 15 is 0 Å². The second-order valence-corrected chi connectivity index (χ2v) is 4.37. The molecule has 1 atom stereocenters. The summed E-state index contributed by atoms with van der Waals surface area (Å²) in [7, 11) is 0. The molecule has 0 heterocycles. The molecule has 3 N–H and O–H groups in total. The van der Waals surface area contributed by atoms with E-state index in [2.05, 4.69) is 5.32 Å². The third kappa shape index (κ3) is 3.10. The summed E-state index contributed by atoms with van der Waals surface area (Å²) < 4.78 is 13.9. The normalized spacial score (nSPS) is 11.9. The Morgan fingerprint density at radius 1 is 1.16 bits per heavy atom. The number of benzene rings is 2. The van der Waals surface area contributed by atoms with E-state index in [-0.39, 0.29) is 5.82 Å². The second-order valence-electron chi connectivity index (χ2n) is 4.37. The number of carbonyl (C=O) groups excluding carboxylic acids is 1. The smallest absolute Gasteiger partial charge is 0.312 e. The van der Waals surface area contributed by atoms with E-state index in [1.807, 2.05) is 31.2 Å². The van der Waals surface area contributed by atoms with Gasteiger partial charge < -0.3 is 11.1 Å². The van der Waals surface area contributed by atoms with Crippen LogP contribution in [-0.2, 0) is 0 Å². The van der Waals surface area contributed by atoms with Crippen molar-refractivity contribution in [2.24, 2.45) is 5.73 Å². The molecule has 0 aliphatic heterocycles. The minimum Gasteiger partial charge on any atom is -0.352 e. The van der Waals surface area contributed by atoms with Crippen LogP contribution in [0.2, 0.25) is 0 Å². The second kappa shape index (κ2) is 5.52. The average molecular weight is 258 g/mol. The molecule has 3 nitrogen and oxygen atoms in total. The maximum Gasteiger partial charge on any atom is 0.312 e. The zero-order valence-corrected chi connectivity index (χ0v) is 10.6. The van der Waals surface area contributed by atoms with Crippen molar-refractivity contribution in [1.29, 1.82) is 0 Å². The first-order valence-corrected chi connectivity index (χ1v) is 5.95.